The summed E-state index contributed by atoms with van der Waals surface area (Å²) in [5.74, 6) is 0.431. The third-order valence-corrected chi connectivity index (χ3v) is 3.89. The molecular formula is C15H20BrN3. The highest BCUT2D eigenvalue weighted by Crippen LogP contribution is 2.35. The third-order valence-electron chi connectivity index (χ3n) is 3.31. The quantitative estimate of drug-likeness (QED) is 0.821. The number of halogens is 1. The number of anilines is 1. The van der Waals surface area contributed by atoms with Crippen molar-refractivity contribution < 1.29 is 0 Å². The lowest BCUT2D eigenvalue weighted by Crippen LogP contribution is -2.12. The van der Waals surface area contributed by atoms with E-state index in [0.717, 1.165) is 15.9 Å². The number of hydrogen-bond donors (Lipinski definition) is 2. The first-order chi connectivity index (χ1) is 8.70. The maximum Gasteiger partial charge on any atom is 0.198 e. The van der Waals surface area contributed by atoms with Gasteiger partial charge >= 0.3 is 0 Å². The first-order valence-electron chi connectivity index (χ1n) is 6.33. The maximum atomic E-state index is 5.72. The Bertz CT molecular complexity index is 598. The summed E-state index contributed by atoms with van der Waals surface area (Å²) in [6, 6.07) is 4.47. The number of aromatic nitrogens is 2. The fourth-order valence-electron chi connectivity index (χ4n) is 2.30. The number of aromatic amines is 1. The zero-order chi connectivity index (χ0) is 14.4. The van der Waals surface area contributed by atoms with E-state index in [9.17, 15) is 0 Å². The number of rotatable bonds is 1. The number of nitrogens with two attached hydrogens (primary N) is 1. The van der Waals surface area contributed by atoms with Crippen molar-refractivity contribution in [3.8, 4) is 11.3 Å². The molecule has 0 saturated carbocycles. The normalized spacial score (nSPS) is 11.9. The van der Waals surface area contributed by atoms with Crippen LogP contribution in [0.15, 0.2) is 16.7 Å². The second-order valence-electron chi connectivity index (χ2n) is 6.02. The van der Waals surface area contributed by atoms with Crippen molar-refractivity contribution in [2.45, 2.75) is 40.0 Å². The summed E-state index contributed by atoms with van der Waals surface area (Å²) in [7, 11) is 0. The molecule has 0 aliphatic carbocycles. The van der Waals surface area contributed by atoms with Gasteiger partial charge < -0.3 is 10.7 Å². The first-order valence-corrected chi connectivity index (χ1v) is 7.12. The van der Waals surface area contributed by atoms with Gasteiger partial charge in [0.05, 0.1) is 0 Å². The van der Waals surface area contributed by atoms with E-state index in [2.05, 4.69) is 72.6 Å². The van der Waals surface area contributed by atoms with Crippen LogP contribution in [0.1, 0.15) is 37.5 Å². The van der Waals surface area contributed by atoms with Crippen LogP contribution in [0.4, 0.5) is 5.95 Å². The highest BCUT2D eigenvalue weighted by molar-refractivity contribution is 9.10. The van der Waals surface area contributed by atoms with Gasteiger partial charge in [-0.25, -0.2) is 4.98 Å². The van der Waals surface area contributed by atoms with Gasteiger partial charge in [-0.1, -0.05) is 32.9 Å². The molecule has 0 amide bonds. The van der Waals surface area contributed by atoms with Gasteiger partial charge in [-0.2, -0.15) is 0 Å². The molecule has 1 heterocycles. The van der Waals surface area contributed by atoms with E-state index in [1.165, 1.54) is 16.7 Å². The van der Waals surface area contributed by atoms with Gasteiger partial charge in [-0.15, -0.1) is 0 Å². The second kappa shape index (κ2) is 4.67. The number of nitrogen functional groups attached to an aromatic ring is 1. The van der Waals surface area contributed by atoms with Crippen LogP contribution in [0.2, 0.25) is 0 Å². The van der Waals surface area contributed by atoms with Gasteiger partial charge in [0.25, 0.3) is 0 Å². The lowest BCUT2D eigenvalue weighted by Gasteiger charge is -2.22. The fourth-order valence-corrected chi connectivity index (χ4v) is 2.79. The molecule has 0 unspecified atom stereocenters. The lowest BCUT2D eigenvalue weighted by atomic mass is 9.83. The van der Waals surface area contributed by atoms with Gasteiger partial charge in [0.15, 0.2) is 5.95 Å². The summed E-state index contributed by atoms with van der Waals surface area (Å²) in [6.45, 7) is 10.9. The maximum absolute atomic E-state index is 5.72. The van der Waals surface area contributed by atoms with Gasteiger partial charge in [-0.05, 0) is 51.9 Å². The second-order valence-corrected chi connectivity index (χ2v) is 6.81. The molecule has 3 nitrogen and oxygen atoms in total. The Morgan fingerprint density at radius 3 is 2.05 bits per heavy atom. The molecule has 3 N–H and O–H groups in total. The van der Waals surface area contributed by atoms with Gasteiger partial charge in [0, 0.05) is 5.56 Å². The van der Waals surface area contributed by atoms with E-state index in [0.29, 0.717) is 5.95 Å². The molecule has 102 valence electrons. The summed E-state index contributed by atoms with van der Waals surface area (Å²) >= 11 is 3.48. The van der Waals surface area contributed by atoms with Crippen LogP contribution in [-0.2, 0) is 5.41 Å². The van der Waals surface area contributed by atoms with E-state index >= 15 is 0 Å². The number of imidazole rings is 1. The smallest absolute Gasteiger partial charge is 0.198 e. The van der Waals surface area contributed by atoms with Gasteiger partial charge in [-0.3, -0.25) is 0 Å². The zero-order valence-electron chi connectivity index (χ0n) is 12.1. The molecule has 1 aromatic carbocycles. The van der Waals surface area contributed by atoms with Gasteiger partial charge in [0.1, 0.15) is 10.3 Å². The van der Waals surface area contributed by atoms with E-state index in [-0.39, 0.29) is 5.41 Å². The van der Waals surface area contributed by atoms with E-state index < -0.39 is 0 Å². The number of hydrogen-bond acceptors (Lipinski definition) is 2. The Morgan fingerprint density at radius 2 is 1.68 bits per heavy atom. The monoisotopic (exact) mass is 321 g/mol. The Kier molecular flexibility index (Phi) is 3.47. The number of H-pyrrole nitrogens is 1. The summed E-state index contributed by atoms with van der Waals surface area (Å²) < 4.78 is 0.833. The molecule has 2 rings (SSSR count). The topological polar surface area (TPSA) is 54.7 Å². The summed E-state index contributed by atoms with van der Waals surface area (Å²) in [4.78, 5) is 7.36. The number of nitrogens with zero attached hydrogens (tertiary/aromatic N) is 1. The summed E-state index contributed by atoms with van der Waals surface area (Å²) in [5, 5.41) is 0. The minimum Gasteiger partial charge on any atom is -0.369 e. The van der Waals surface area contributed by atoms with Crippen molar-refractivity contribution in [3.05, 3.63) is 33.4 Å². The van der Waals surface area contributed by atoms with Crippen molar-refractivity contribution in [1.82, 2.24) is 9.97 Å². The van der Waals surface area contributed by atoms with Crippen molar-refractivity contribution >= 4 is 21.9 Å². The predicted molar refractivity (Wildman–Crippen MR) is 84.3 cm³/mol. The molecule has 0 aliphatic rings. The average Bonchev–Trinajstić information content (AvgIpc) is 2.55. The molecule has 0 aliphatic heterocycles. The largest absolute Gasteiger partial charge is 0.369 e. The van der Waals surface area contributed by atoms with E-state index in [4.69, 9.17) is 5.73 Å². The van der Waals surface area contributed by atoms with Crippen molar-refractivity contribution in [2.75, 3.05) is 5.73 Å². The summed E-state index contributed by atoms with van der Waals surface area (Å²) in [6.07, 6.45) is 0. The van der Waals surface area contributed by atoms with Crippen LogP contribution < -0.4 is 5.73 Å². The third kappa shape index (κ3) is 2.68. The Labute approximate surface area is 122 Å². The number of aryl methyl sites for hydroxylation is 2. The van der Waals surface area contributed by atoms with Gasteiger partial charge in [0.2, 0.25) is 0 Å². The van der Waals surface area contributed by atoms with Crippen LogP contribution in [0, 0.1) is 13.8 Å². The average molecular weight is 322 g/mol. The highest BCUT2D eigenvalue weighted by Gasteiger charge is 2.19. The predicted octanol–water partition coefficient (Wildman–Crippen LogP) is 4.34. The van der Waals surface area contributed by atoms with Crippen LogP contribution in [0.25, 0.3) is 11.3 Å². The first kappa shape index (κ1) is 14.1. The zero-order valence-corrected chi connectivity index (χ0v) is 13.6. The van der Waals surface area contributed by atoms with Crippen molar-refractivity contribution in [1.29, 1.82) is 0 Å². The molecule has 0 bridgehead atoms. The molecule has 4 heteroatoms. The molecule has 0 fully saturated rings. The molecule has 0 atom stereocenters. The van der Waals surface area contributed by atoms with Crippen molar-refractivity contribution in [2.24, 2.45) is 0 Å². The Morgan fingerprint density at radius 1 is 1.16 bits per heavy atom. The minimum absolute atomic E-state index is 0.149. The number of nitrogens with one attached hydrogen (secondary N) is 1. The number of benzene rings is 1. The lowest BCUT2D eigenvalue weighted by molar-refractivity contribution is 0.589. The SMILES string of the molecule is Cc1cc(C(C)(C)C)cc(C)c1-c1nc(N)[nH]c1Br. The molecular weight excluding hydrogens is 302 g/mol. The molecule has 0 radical (unpaired) electrons. The van der Waals surface area contributed by atoms with Crippen LogP contribution >= 0.6 is 15.9 Å². The minimum atomic E-state index is 0.149. The van der Waals surface area contributed by atoms with E-state index in [1.54, 1.807) is 0 Å². The molecule has 0 saturated heterocycles. The Hall–Kier alpha value is -1.29. The molecule has 0 spiro atoms. The van der Waals surface area contributed by atoms with E-state index in [1.807, 2.05) is 0 Å². The molecule has 1 aromatic heterocycles. The van der Waals surface area contributed by atoms with Crippen molar-refractivity contribution in [3.63, 3.8) is 0 Å². The van der Waals surface area contributed by atoms with Crippen LogP contribution in [-0.4, -0.2) is 9.97 Å². The highest BCUT2D eigenvalue weighted by atomic mass is 79.9. The summed E-state index contributed by atoms with van der Waals surface area (Å²) in [5.41, 5.74) is 11.7. The fraction of sp³-hybridized carbons (Fsp3) is 0.400. The standard InChI is InChI=1S/C15H20BrN3/c1-8-6-10(15(3,4)5)7-9(2)11(8)12-13(16)19-14(17)18-12/h6-7H,1-5H3,(H3,17,18,19). The van der Waals surface area contributed by atoms with Crippen LogP contribution in [0.3, 0.4) is 0 Å². The molecule has 2 aromatic rings. The Balaban J connectivity index is 2.64. The van der Waals surface area contributed by atoms with Crippen LogP contribution in [0.5, 0.6) is 0 Å². The molecule has 19 heavy (non-hydrogen) atoms.